The number of benzene rings is 2. The summed E-state index contributed by atoms with van der Waals surface area (Å²) in [7, 11) is -3.71. The molecule has 0 saturated carbocycles. The zero-order valence-electron chi connectivity index (χ0n) is 17.7. The van der Waals surface area contributed by atoms with Crippen LogP contribution in [0.2, 0.25) is 0 Å². The van der Waals surface area contributed by atoms with E-state index in [4.69, 9.17) is 16.2 Å². The summed E-state index contributed by atoms with van der Waals surface area (Å²) in [5.74, 6) is 0.878. The number of nitrogen functional groups attached to an aromatic ring is 1. The zero-order valence-corrected chi connectivity index (χ0v) is 18.5. The van der Waals surface area contributed by atoms with Gasteiger partial charge in [-0.3, -0.25) is 4.90 Å². The predicted molar refractivity (Wildman–Crippen MR) is 123 cm³/mol. The third kappa shape index (κ3) is 5.02. The Morgan fingerprint density at radius 2 is 1.84 bits per heavy atom. The molecule has 2 aromatic rings. The maximum Gasteiger partial charge on any atom is 0.285 e. The van der Waals surface area contributed by atoms with Gasteiger partial charge in [0.15, 0.2) is 0 Å². The molecule has 1 saturated heterocycles. The molecule has 31 heavy (non-hydrogen) atoms. The predicted octanol–water partition coefficient (Wildman–Crippen LogP) is 3.06. The minimum atomic E-state index is -3.71. The molecule has 0 atom stereocenters. The number of rotatable bonds is 8. The number of anilines is 1. The van der Waals surface area contributed by atoms with Crippen molar-refractivity contribution in [1.29, 1.82) is 0 Å². The van der Waals surface area contributed by atoms with Crippen LogP contribution in [0.1, 0.15) is 48.8 Å². The van der Waals surface area contributed by atoms with E-state index in [1.54, 1.807) is 12.1 Å². The molecule has 2 aromatic carbocycles. The fourth-order valence-electron chi connectivity index (χ4n) is 4.28. The minimum Gasteiger partial charge on any atom is -0.494 e. The monoisotopic (exact) mass is 442 g/mol. The Morgan fingerprint density at radius 3 is 2.65 bits per heavy atom. The summed E-state index contributed by atoms with van der Waals surface area (Å²) in [6.45, 7) is 3.97. The first kappa shape index (κ1) is 21.6. The molecular formula is C23H30N4O3S. The highest BCUT2D eigenvalue weighted by atomic mass is 32.2. The van der Waals surface area contributed by atoms with Crippen molar-refractivity contribution in [1.82, 2.24) is 4.90 Å². The Bertz CT molecular complexity index is 1080. The van der Waals surface area contributed by atoms with E-state index >= 15 is 0 Å². The number of nitrogens with zero attached hydrogens (tertiary/aromatic N) is 2. The van der Waals surface area contributed by atoms with Crippen molar-refractivity contribution in [3.8, 4) is 5.75 Å². The van der Waals surface area contributed by atoms with E-state index in [9.17, 15) is 8.42 Å². The van der Waals surface area contributed by atoms with Gasteiger partial charge in [-0.2, -0.15) is 8.42 Å². The molecule has 2 aliphatic heterocycles. The second-order valence-corrected chi connectivity index (χ2v) is 9.83. The number of hydrogen-bond donors (Lipinski definition) is 2. The molecule has 0 aromatic heterocycles. The molecule has 0 amide bonds. The summed E-state index contributed by atoms with van der Waals surface area (Å²) in [6, 6.07) is 11.7. The lowest BCUT2D eigenvalue weighted by Gasteiger charge is -2.26. The van der Waals surface area contributed by atoms with Crippen molar-refractivity contribution in [2.45, 2.75) is 50.0 Å². The van der Waals surface area contributed by atoms with E-state index in [1.165, 1.54) is 37.9 Å². The fraction of sp³-hybridized carbons (Fsp3) is 0.435. The number of aryl methyl sites for hydroxylation is 1. The van der Waals surface area contributed by atoms with Crippen LogP contribution in [0.5, 0.6) is 5.75 Å². The van der Waals surface area contributed by atoms with E-state index in [0.29, 0.717) is 17.9 Å². The summed E-state index contributed by atoms with van der Waals surface area (Å²) < 4.78 is 33.4. The Labute approximate surface area is 184 Å². The van der Waals surface area contributed by atoms with Gasteiger partial charge in [0.2, 0.25) is 0 Å². The maximum absolute atomic E-state index is 12.0. The van der Waals surface area contributed by atoms with Crippen molar-refractivity contribution in [3.63, 3.8) is 0 Å². The van der Waals surface area contributed by atoms with Crippen LogP contribution >= 0.6 is 0 Å². The van der Waals surface area contributed by atoms with Crippen molar-refractivity contribution < 1.29 is 13.2 Å². The standard InChI is InChI=1S/C23H30N4O3S/c24-22-18(10-11-20-21(22)23(25)26-31(20,28)29)8-2-5-14-30-19-9-6-7-17(15-19)16-27-12-3-1-4-13-27/h6-7,9-11,15H,1-5,8,12-14,16,24H2,(H2,25,26). The van der Waals surface area contributed by atoms with Crippen molar-refractivity contribution >= 4 is 21.5 Å². The third-order valence-electron chi connectivity index (χ3n) is 5.91. The quantitative estimate of drug-likeness (QED) is 0.480. The molecule has 4 rings (SSSR count). The van der Waals surface area contributed by atoms with E-state index < -0.39 is 10.0 Å². The van der Waals surface area contributed by atoms with Crippen molar-refractivity contribution in [2.24, 2.45) is 10.1 Å². The Hall–Kier alpha value is -2.58. The molecule has 0 aliphatic carbocycles. The molecule has 0 radical (unpaired) electrons. The van der Waals surface area contributed by atoms with Gasteiger partial charge in [-0.25, -0.2) is 0 Å². The number of likely N-dealkylation sites (tertiary alicyclic amines) is 1. The Balaban J connectivity index is 1.26. The molecule has 2 heterocycles. The third-order valence-corrected chi connectivity index (χ3v) is 7.25. The van der Waals surface area contributed by atoms with Crippen LogP contribution in [-0.2, 0) is 23.0 Å². The van der Waals surface area contributed by atoms with Crippen LogP contribution in [0.25, 0.3) is 0 Å². The number of fused-ring (bicyclic) bond motifs is 1. The van der Waals surface area contributed by atoms with E-state index in [-0.39, 0.29) is 10.7 Å². The number of ether oxygens (including phenoxy) is 1. The number of hydrogen-bond acceptors (Lipinski definition) is 6. The normalized spacial score (nSPS) is 17.9. The second kappa shape index (κ2) is 9.28. The number of amidine groups is 1. The van der Waals surface area contributed by atoms with Gasteiger partial charge in [-0.1, -0.05) is 24.6 Å². The van der Waals surface area contributed by atoms with Crippen LogP contribution in [0, 0.1) is 0 Å². The molecule has 1 fully saturated rings. The minimum absolute atomic E-state index is 0.0258. The molecular weight excluding hydrogens is 412 g/mol. The number of unbranched alkanes of at least 4 members (excludes halogenated alkanes) is 1. The molecule has 8 heteroatoms. The molecule has 0 spiro atoms. The largest absolute Gasteiger partial charge is 0.494 e. The molecule has 4 N–H and O–H groups in total. The first-order valence-corrected chi connectivity index (χ1v) is 12.3. The topological polar surface area (TPSA) is 111 Å². The van der Waals surface area contributed by atoms with Gasteiger partial charge in [0, 0.05) is 12.2 Å². The summed E-state index contributed by atoms with van der Waals surface area (Å²) in [4.78, 5) is 2.60. The summed E-state index contributed by atoms with van der Waals surface area (Å²) in [6.07, 6.45) is 6.40. The average Bonchev–Trinajstić information content (AvgIpc) is 2.99. The molecule has 0 unspecified atom stereocenters. The average molecular weight is 443 g/mol. The van der Waals surface area contributed by atoms with Crippen LogP contribution in [0.4, 0.5) is 5.69 Å². The number of piperidine rings is 1. The lowest BCUT2D eigenvalue weighted by Crippen LogP contribution is -2.29. The fourth-order valence-corrected chi connectivity index (χ4v) is 5.44. The highest BCUT2D eigenvalue weighted by molar-refractivity contribution is 7.90. The van der Waals surface area contributed by atoms with E-state index in [0.717, 1.165) is 37.1 Å². The molecule has 0 bridgehead atoms. The summed E-state index contributed by atoms with van der Waals surface area (Å²) >= 11 is 0. The molecule has 2 aliphatic rings. The van der Waals surface area contributed by atoms with Gasteiger partial charge in [0.25, 0.3) is 10.0 Å². The number of sulfonamides is 1. The smallest absolute Gasteiger partial charge is 0.285 e. The highest BCUT2D eigenvalue weighted by Gasteiger charge is 2.30. The van der Waals surface area contributed by atoms with E-state index in [2.05, 4.69) is 27.5 Å². The lowest BCUT2D eigenvalue weighted by molar-refractivity contribution is 0.220. The van der Waals surface area contributed by atoms with Crippen molar-refractivity contribution in [3.05, 3.63) is 53.1 Å². The summed E-state index contributed by atoms with van der Waals surface area (Å²) in [5.41, 5.74) is 14.9. The van der Waals surface area contributed by atoms with Gasteiger partial charge < -0.3 is 16.2 Å². The maximum atomic E-state index is 12.0. The van der Waals surface area contributed by atoms with Gasteiger partial charge >= 0.3 is 0 Å². The van der Waals surface area contributed by atoms with E-state index in [1.807, 2.05) is 6.07 Å². The SMILES string of the molecule is NC1=NS(=O)(=O)c2ccc(CCCCOc3cccc(CN4CCCCC4)c3)c(N)c21. The highest BCUT2D eigenvalue weighted by Crippen LogP contribution is 2.32. The van der Waals surface area contributed by atoms with Crippen LogP contribution < -0.4 is 16.2 Å². The molecule has 166 valence electrons. The zero-order chi connectivity index (χ0) is 21.8. The van der Waals surface area contributed by atoms with Crippen molar-refractivity contribution in [2.75, 3.05) is 25.4 Å². The second-order valence-electron chi connectivity index (χ2n) is 8.25. The van der Waals surface area contributed by atoms with Gasteiger partial charge in [-0.05, 0) is 74.5 Å². The van der Waals surface area contributed by atoms with Crippen LogP contribution in [-0.4, -0.2) is 38.8 Å². The Morgan fingerprint density at radius 1 is 1.03 bits per heavy atom. The van der Waals surface area contributed by atoms with Crippen LogP contribution in [0.3, 0.4) is 0 Å². The van der Waals surface area contributed by atoms with Gasteiger partial charge in [-0.15, -0.1) is 4.40 Å². The van der Waals surface area contributed by atoms with Gasteiger partial charge in [0.05, 0.1) is 12.2 Å². The summed E-state index contributed by atoms with van der Waals surface area (Å²) in [5, 5.41) is 0. The Kier molecular flexibility index (Phi) is 6.48. The first-order valence-electron chi connectivity index (χ1n) is 10.9. The lowest BCUT2D eigenvalue weighted by atomic mass is 10.0. The van der Waals surface area contributed by atoms with Crippen LogP contribution in [0.15, 0.2) is 45.7 Å². The number of nitrogens with two attached hydrogens (primary N) is 2. The molecule has 7 nitrogen and oxygen atoms in total. The first-order chi connectivity index (χ1) is 14.9. The van der Waals surface area contributed by atoms with Gasteiger partial charge in [0.1, 0.15) is 16.5 Å².